The lowest BCUT2D eigenvalue weighted by molar-refractivity contribution is 1.18. The number of benzene rings is 6. The van der Waals surface area contributed by atoms with E-state index in [0.29, 0.717) is 0 Å². The maximum Gasteiger partial charge on any atom is 0.0547 e. The predicted molar refractivity (Wildman–Crippen MR) is 222 cm³/mol. The van der Waals surface area contributed by atoms with Crippen LogP contribution in [-0.4, -0.2) is 9.13 Å². The lowest BCUT2D eigenvalue weighted by atomic mass is 10.0. The van der Waals surface area contributed by atoms with E-state index in [0.717, 1.165) is 11.4 Å². The summed E-state index contributed by atoms with van der Waals surface area (Å²) >= 11 is 0. The van der Waals surface area contributed by atoms with Crippen LogP contribution in [0.25, 0.3) is 77.3 Å². The minimum absolute atomic E-state index is 1.14. The molecule has 6 aromatic carbocycles. The van der Waals surface area contributed by atoms with Crippen LogP contribution >= 0.6 is 0 Å². The van der Waals surface area contributed by atoms with E-state index in [4.69, 9.17) is 0 Å². The molecule has 0 amide bonds. The molecule has 8 rings (SSSR count). The van der Waals surface area contributed by atoms with Crippen molar-refractivity contribution in [3.05, 3.63) is 194 Å². The van der Waals surface area contributed by atoms with Gasteiger partial charge in [0.1, 0.15) is 0 Å². The number of fused-ring (bicyclic) bond motifs is 6. The summed E-state index contributed by atoms with van der Waals surface area (Å²) in [4.78, 5) is 0. The third-order valence-corrected chi connectivity index (χ3v) is 9.98. The molecular formula is C49H40N2. The summed E-state index contributed by atoms with van der Waals surface area (Å²) in [6.07, 6.45) is 14.5. The zero-order chi connectivity index (χ0) is 34.9. The van der Waals surface area contributed by atoms with E-state index in [1.165, 1.54) is 77.0 Å². The maximum absolute atomic E-state index is 3.85. The number of para-hydroxylation sites is 2. The Labute approximate surface area is 299 Å². The molecule has 2 heteroatoms. The summed E-state index contributed by atoms with van der Waals surface area (Å²) in [5.74, 6) is 0. The molecule has 0 atom stereocenters. The highest BCUT2D eigenvalue weighted by atomic mass is 15.0. The predicted octanol–water partition coefficient (Wildman–Crippen LogP) is 13.7. The Hall–Kier alpha value is -6.38. The second-order valence-electron chi connectivity index (χ2n) is 12.8. The van der Waals surface area contributed by atoms with E-state index in [9.17, 15) is 0 Å². The summed E-state index contributed by atoms with van der Waals surface area (Å²) < 4.78 is 4.78. The van der Waals surface area contributed by atoms with Crippen LogP contribution in [0.15, 0.2) is 183 Å². The topological polar surface area (TPSA) is 9.86 Å². The lowest BCUT2D eigenvalue weighted by Crippen LogP contribution is -1.95. The molecule has 0 saturated carbocycles. The lowest BCUT2D eigenvalue weighted by Gasteiger charge is -2.12. The van der Waals surface area contributed by atoms with Gasteiger partial charge in [0.15, 0.2) is 0 Å². The third-order valence-electron chi connectivity index (χ3n) is 9.98. The molecule has 0 aliphatic carbocycles. The Morgan fingerprint density at radius 2 is 0.902 bits per heavy atom. The van der Waals surface area contributed by atoms with Gasteiger partial charge in [0, 0.05) is 32.9 Å². The molecule has 0 bridgehead atoms. The monoisotopic (exact) mass is 656 g/mol. The van der Waals surface area contributed by atoms with Crippen LogP contribution in [-0.2, 0) is 0 Å². The maximum atomic E-state index is 3.85. The first-order valence-electron chi connectivity index (χ1n) is 17.7. The fourth-order valence-electron chi connectivity index (χ4n) is 7.53. The fraction of sp³-hybridized carbons (Fsp3) is 0.0612. The molecular weight excluding hydrogens is 617 g/mol. The van der Waals surface area contributed by atoms with Crippen molar-refractivity contribution in [3.63, 3.8) is 0 Å². The molecule has 0 radical (unpaired) electrons. The van der Waals surface area contributed by atoms with Crippen LogP contribution in [0.1, 0.15) is 31.9 Å². The van der Waals surface area contributed by atoms with Crippen molar-refractivity contribution in [1.82, 2.24) is 9.13 Å². The Morgan fingerprint density at radius 1 is 0.471 bits per heavy atom. The smallest absolute Gasteiger partial charge is 0.0547 e. The zero-order valence-electron chi connectivity index (χ0n) is 29.3. The van der Waals surface area contributed by atoms with Gasteiger partial charge < -0.3 is 9.13 Å². The van der Waals surface area contributed by atoms with Gasteiger partial charge in [-0.2, -0.15) is 0 Å². The average Bonchev–Trinajstić information content (AvgIpc) is 3.69. The van der Waals surface area contributed by atoms with Gasteiger partial charge in [-0.3, -0.25) is 0 Å². The highest BCUT2D eigenvalue weighted by Gasteiger charge is 2.15. The summed E-state index contributed by atoms with van der Waals surface area (Å²) in [6, 6.07) is 49.0. The molecule has 2 nitrogen and oxygen atoms in total. The van der Waals surface area contributed by atoms with E-state index in [1.807, 2.05) is 12.2 Å². The molecule has 0 N–H and O–H groups in total. The summed E-state index contributed by atoms with van der Waals surface area (Å²) in [6.45, 7) is 10.1. The molecule has 0 unspecified atom stereocenters. The SMILES string of the molecule is C=CC=CC(=CC)c1ccc2c3ccccc3n(-c3ccc(-c4ccc(-n5c6ccccc6c6ccc(C(C=CC)=CC)cc65)cc4)cc3)c2c1. The van der Waals surface area contributed by atoms with Gasteiger partial charge in [0.05, 0.1) is 22.1 Å². The number of rotatable bonds is 8. The first-order valence-corrected chi connectivity index (χ1v) is 17.7. The van der Waals surface area contributed by atoms with Gasteiger partial charge in [0.25, 0.3) is 0 Å². The third kappa shape index (κ3) is 5.56. The van der Waals surface area contributed by atoms with Gasteiger partial charge in [0.2, 0.25) is 0 Å². The van der Waals surface area contributed by atoms with E-state index in [2.05, 4.69) is 200 Å². The van der Waals surface area contributed by atoms with Crippen molar-refractivity contribution in [3.8, 4) is 22.5 Å². The van der Waals surface area contributed by atoms with Gasteiger partial charge in [-0.25, -0.2) is 0 Å². The summed E-state index contributed by atoms with van der Waals surface area (Å²) in [5, 5.41) is 5.03. The van der Waals surface area contributed by atoms with Crippen LogP contribution in [0.4, 0.5) is 0 Å². The molecule has 2 heterocycles. The molecule has 0 saturated heterocycles. The van der Waals surface area contributed by atoms with E-state index >= 15 is 0 Å². The van der Waals surface area contributed by atoms with Crippen molar-refractivity contribution in [2.45, 2.75) is 20.8 Å². The Morgan fingerprint density at radius 3 is 1.33 bits per heavy atom. The Bertz CT molecular complexity index is 2700. The molecule has 2 aromatic heterocycles. The minimum Gasteiger partial charge on any atom is -0.309 e. The second-order valence-corrected chi connectivity index (χ2v) is 12.8. The van der Waals surface area contributed by atoms with E-state index in [1.54, 1.807) is 0 Å². The highest BCUT2D eigenvalue weighted by Crippen LogP contribution is 2.37. The highest BCUT2D eigenvalue weighted by molar-refractivity contribution is 6.11. The molecule has 51 heavy (non-hydrogen) atoms. The number of nitrogens with zero attached hydrogens (tertiary/aromatic N) is 2. The molecule has 8 aromatic rings. The number of hydrogen-bond donors (Lipinski definition) is 0. The van der Waals surface area contributed by atoms with Gasteiger partial charge >= 0.3 is 0 Å². The quantitative estimate of drug-likeness (QED) is 0.144. The van der Waals surface area contributed by atoms with Gasteiger partial charge in [-0.1, -0.05) is 134 Å². The van der Waals surface area contributed by atoms with E-state index in [-0.39, 0.29) is 0 Å². The van der Waals surface area contributed by atoms with Crippen molar-refractivity contribution < 1.29 is 0 Å². The largest absolute Gasteiger partial charge is 0.309 e. The van der Waals surface area contributed by atoms with Gasteiger partial charge in [-0.05, 0) is 103 Å². The van der Waals surface area contributed by atoms with Gasteiger partial charge in [-0.15, -0.1) is 0 Å². The summed E-state index contributed by atoms with van der Waals surface area (Å²) in [7, 11) is 0. The molecule has 0 aliphatic rings. The fourth-order valence-corrected chi connectivity index (χ4v) is 7.53. The molecule has 0 spiro atoms. The number of allylic oxidation sites excluding steroid dienone is 9. The van der Waals surface area contributed by atoms with Crippen molar-refractivity contribution in [2.24, 2.45) is 0 Å². The van der Waals surface area contributed by atoms with Crippen LogP contribution in [0.2, 0.25) is 0 Å². The number of hydrogen-bond acceptors (Lipinski definition) is 0. The van der Waals surface area contributed by atoms with Crippen molar-refractivity contribution >= 4 is 54.8 Å². The minimum atomic E-state index is 1.14. The van der Waals surface area contributed by atoms with Crippen molar-refractivity contribution in [2.75, 3.05) is 0 Å². The molecule has 0 aliphatic heterocycles. The zero-order valence-corrected chi connectivity index (χ0v) is 29.3. The van der Waals surface area contributed by atoms with Crippen LogP contribution in [0, 0.1) is 0 Å². The Balaban J connectivity index is 1.18. The normalized spacial score (nSPS) is 12.8. The van der Waals surface area contributed by atoms with Crippen LogP contribution in [0.5, 0.6) is 0 Å². The standard InChI is InChI=1S/C49H40N2/c1-5-9-15-35(8-4)39-25-31-45-43-17-11-13-19-47(43)51(49(45)33-39)41-28-22-37(23-29-41)36-20-26-40(27-21-36)50-46-18-12-10-16-42(46)44-30-24-38(32-48(44)50)34(7-3)14-6-2/h5-33H,1H2,2-4H3. The Kier molecular flexibility index (Phi) is 8.43. The number of aromatic nitrogens is 2. The summed E-state index contributed by atoms with van der Waals surface area (Å²) in [5.41, 5.74) is 14.3. The average molecular weight is 657 g/mol. The van der Waals surface area contributed by atoms with Crippen molar-refractivity contribution in [1.29, 1.82) is 0 Å². The second kappa shape index (κ2) is 13.5. The van der Waals surface area contributed by atoms with E-state index < -0.39 is 0 Å². The molecule has 246 valence electrons. The van der Waals surface area contributed by atoms with Crippen LogP contribution in [0.3, 0.4) is 0 Å². The van der Waals surface area contributed by atoms with Crippen LogP contribution < -0.4 is 0 Å². The first-order chi connectivity index (χ1) is 25.1. The molecule has 0 fully saturated rings. The first kappa shape index (κ1) is 31.9.